The van der Waals surface area contributed by atoms with Crippen molar-refractivity contribution in [2.24, 2.45) is 159 Å². The summed E-state index contributed by atoms with van der Waals surface area (Å²) in [5.74, 6) is 20.6. The lowest BCUT2D eigenvalue weighted by atomic mass is 9.68. The van der Waals surface area contributed by atoms with E-state index in [2.05, 4.69) is 187 Å². The molecule has 14 heteroatoms. The molecule has 0 spiro atoms. The van der Waals surface area contributed by atoms with Gasteiger partial charge in [0, 0.05) is 12.5 Å². The van der Waals surface area contributed by atoms with E-state index in [1.807, 2.05) is 0 Å². The average Bonchev–Trinajstić information content (AvgIpc) is 1.56. The smallest absolute Gasteiger partial charge is 0.312 e. The largest absolute Gasteiger partial charge is 0.459 e. The van der Waals surface area contributed by atoms with Crippen LogP contribution in [0.3, 0.4) is 0 Å². The van der Waals surface area contributed by atoms with Gasteiger partial charge >= 0.3 is 11.9 Å². The molecule has 17 aliphatic rings. The van der Waals surface area contributed by atoms with Crippen LogP contribution in [0.2, 0.25) is 0 Å². The number of fused-ring (bicyclic) bond motifs is 18. The molecule has 0 aromatic rings. The first-order valence-corrected chi connectivity index (χ1v) is 49.6. The van der Waals surface area contributed by atoms with Gasteiger partial charge in [-0.05, 0) is 319 Å². The van der Waals surface area contributed by atoms with Crippen molar-refractivity contribution in [3.05, 3.63) is 0 Å². The Balaban J connectivity index is 0.000000141. The second kappa shape index (κ2) is 44.1. The standard InChI is InChI=1S/C18H30O.C15H26O.C13H20O3.C13H24O.C12H18O4.C11H22O.C10H20O2.C10H22O/c1-10(2)11(3)19-9-15-7-14-8-16(15)18-13-5-4-12(6-13)17(14)18;1-9(2)10(3)16-15-8-11-7-14(15)13-6-4-5-12(11)13;1-6(2)7(3)15-11-8-4-9-10(5-8)13(14)16-12(9)11;1-9(2)10(3)14-8-13-7-11-4-5-12(13)6-11;1-5(2)6(3)14-10-8-4-7-9(15-8)11(10)16-12(7)13;1-9(2)10(3)12-11-7-5-4-6-8-11;1-8(2)9(3)12-7-10-5-4-6-11-10;1-8(2)9(3)11-7-10(4,5)6/h10-18H,4-9H2,1-3H3;9-15H,4-8H2,1-3H3;6-12H,4-5H2,1-3H3;9-13H,4-8H2,1-3H3;5-11H,4H2,1-3H3;9-11H,4-8H2,1-3H3;8-10H,4-7H2,1-3H3;8-9H,7H2,1-6H3/t11-,12?,13?,14?,15?,16?,17?,18?;10-,11?,12?,13?,14?,15?;7-,8?,9?,10?,11?,12?;10-,11?,12?,13?;6-,7?,8?,9?,10?,11?;10-;9-,10?;9-/m11111111/s1. The van der Waals surface area contributed by atoms with Crippen LogP contribution in [0.5, 0.6) is 0 Å². The van der Waals surface area contributed by atoms with Gasteiger partial charge in [-0.15, -0.1) is 0 Å². The molecule has 17 rings (SSSR count). The molecule has 5 aliphatic heterocycles. The zero-order valence-corrected chi connectivity index (χ0v) is 79.5. The van der Waals surface area contributed by atoms with Crippen molar-refractivity contribution in [1.29, 1.82) is 0 Å². The van der Waals surface area contributed by atoms with Gasteiger partial charge in [0.1, 0.15) is 18.3 Å². The Morgan fingerprint density at radius 1 is 0.345 bits per heavy atom. The van der Waals surface area contributed by atoms with Crippen molar-refractivity contribution in [2.45, 2.75) is 445 Å². The van der Waals surface area contributed by atoms with E-state index in [4.69, 9.17) is 56.8 Å². The Hall–Kier alpha value is -1.46. The van der Waals surface area contributed by atoms with Crippen molar-refractivity contribution < 1.29 is 66.4 Å². The minimum Gasteiger partial charge on any atom is -0.459 e. The lowest BCUT2D eigenvalue weighted by Crippen LogP contribution is -2.41. The zero-order chi connectivity index (χ0) is 84.5. The lowest BCUT2D eigenvalue weighted by molar-refractivity contribution is -0.150. The lowest BCUT2D eigenvalue weighted by Gasteiger charge is -2.39. The van der Waals surface area contributed by atoms with Gasteiger partial charge in [-0.2, -0.15) is 0 Å². The summed E-state index contributed by atoms with van der Waals surface area (Å²) in [5, 5.41) is 0. The van der Waals surface area contributed by atoms with Crippen LogP contribution in [-0.2, 0) is 66.4 Å². The quantitative estimate of drug-likeness (QED) is 0.0568. The SMILES string of the molecule is CC(C)[C@@H](C)OC1C2CC3C(=O)OC1C3C2.CC(C)[C@@H](C)OC1C2CC3C(=O)OC1C3O2.CC(C)[C@@H](C)OC1CC2CC1C1CCCC21.CC(C)[C@@H](C)OC1CCCCC1.CC(C)[C@@H](C)OCC(C)(C)C.CC(C)[C@@H](C)OCC1CC2CC1C1C3CCC(C3)C21.CC(C)[C@@H](C)OCC1CC2CCC1C2.CC(C)[C@@H](C)OCC1CCCO1. The summed E-state index contributed by atoms with van der Waals surface area (Å²) in [4.78, 5) is 23.1. The van der Waals surface area contributed by atoms with E-state index in [0.29, 0.717) is 120 Å². The number of hydrogen-bond acceptors (Lipinski definition) is 14. The van der Waals surface area contributed by atoms with Crippen LogP contribution in [0.4, 0.5) is 0 Å². The zero-order valence-electron chi connectivity index (χ0n) is 79.5. The highest BCUT2D eigenvalue weighted by Crippen LogP contribution is 2.69. The highest BCUT2D eigenvalue weighted by atomic mass is 16.6. The minimum atomic E-state index is -0.155. The van der Waals surface area contributed by atoms with Crippen molar-refractivity contribution in [1.82, 2.24) is 0 Å². The molecule has 0 amide bonds. The van der Waals surface area contributed by atoms with Gasteiger partial charge in [-0.25, -0.2) is 0 Å². The van der Waals surface area contributed by atoms with E-state index in [1.54, 1.807) is 25.7 Å². The van der Waals surface area contributed by atoms with Gasteiger partial charge in [0.05, 0.1) is 118 Å². The molecular formula is C102H182O14. The summed E-state index contributed by atoms with van der Waals surface area (Å²) >= 11 is 0. The number of hydrogen-bond donors (Lipinski definition) is 0. The molecule has 0 aromatic heterocycles. The normalized spacial score (nSPS) is 39.1. The van der Waals surface area contributed by atoms with E-state index >= 15 is 0 Å². The second-order valence-electron chi connectivity index (χ2n) is 45.4. The molecule has 674 valence electrons. The summed E-state index contributed by atoms with van der Waals surface area (Å²) in [6.45, 7) is 63.9. The monoisotopic (exact) mass is 1630 g/mol. The van der Waals surface area contributed by atoms with Crippen LogP contribution in [0.25, 0.3) is 0 Å². The molecule has 14 nitrogen and oxygen atoms in total. The summed E-state index contributed by atoms with van der Waals surface area (Å²) < 4.78 is 69.8. The van der Waals surface area contributed by atoms with E-state index in [9.17, 15) is 9.59 Å². The van der Waals surface area contributed by atoms with Crippen LogP contribution in [0, 0.1) is 159 Å². The van der Waals surface area contributed by atoms with Gasteiger partial charge < -0.3 is 56.8 Å². The van der Waals surface area contributed by atoms with Crippen LogP contribution in [0.15, 0.2) is 0 Å². The molecule has 12 aliphatic carbocycles. The van der Waals surface area contributed by atoms with Crippen LogP contribution in [0.1, 0.15) is 341 Å². The third kappa shape index (κ3) is 25.5. The fraction of sp³-hybridized carbons (Fsp3) is 0.980. The Bertz CT molecular complexity index is 2790. The fourth-order valence-electron chi connectivity index (χ4n) is 23.8. The molecular weight excluding hydrogens is 1450 g/mol. The van der Waals surface area contributed by atoms with Crippen molar-refractivity contribution in [3.63, 3.8) is 0 Å². The van der Waals surface area contributed by atoms with E-state index in [1.165, 1.54) is 109 Å². The molecule has 0 aromatic carbocycles. The van der Waals surface area contributed by atoms with Gasteiger partial charge in [0.2, 0.25) is 0 Å². The Morgan fingerprint density at radius 2 is 0.862 bits per heavy atom. The summed E-state index contributed by atoms with van der Waals surface area (Å²) in [5.41, 5.74) is 0.295. The van der Waals surface area contributed by atoms with E-state index < -0.39 is 0 Å². The van der Waals surface area contributed by atoms with Crippen molar-refractivity contribution in [3.8, 4) is 0 Å². The van der Waals surface area contributed by atoms with Crippen LogP contribution >= 0.6 is 0 Å². The second-order valence-corrected chi connectivity index (χ2v) is 45.4. The third-order valence-electron chi connectivity index (χ3n) is 33.4. The molecule has 12 saturated carbocycles. The predicted molar refractivity (Wildman–Crippen MR) is 469 cm³/mol. The van der Waals surface area contributed by atoms with Crippen molar-refractivity contribution >= 4 is 11.9 Å². The maximum Gasteiger partial charge on any atom is 0.312 e. The summed E-state index contributed by atoms with van der Waals surface area (Å²) in [6.07, 6.45) is 37.7. The number of rotatable bonds is 27. The summed E-state index contributed by atoms with van der Waals surface area (Å²) in [7, 11) is 0. The van der Waals surface area contributed by atoms with Gasteiger partial charge in [0.25, 0.3) is 0 Å². The molecule has 0 radical (unpaired) electrons. The molecule has 5 saturated heterocycles. The highest BCUT2D eigenvalue weighted by molar-refractivity contribution is 5.77. The third-order valence-corrected chi connectivity index (χ3v) is 33.4. The van der Waals surface area contributed by atoms with Crippen molar-refractivity contribution in [2.75, 3.05) is 33.0 Å². The predicted octanol–water partition coefficient (Wildman–Crippen LogP) is 23.5. The molecule has 116 heavy (non-hydrogen) atoms. The summed E-state index contributed by atoms with van der Waals surface area (Å²) in [6, 6.07) is 0. The molecule has 26 unspecified atom stereocenters. The van der Waals surface area contributed by atoms with Gasteiger partial charge in [-0.3, -0.25) is 9.59 Å². The van der Waals surface area contributed by atoms with Gasteiger partial charge in [-0.1, -0.05) is 164 Å². The van der Waals surface area contributed by atoms with Gasteiger partial charge in [0.15, 0.2) is 6.10 Å². The average molecular weight is 1630 g/mol. The van der Waals surface area contributed by atoms with E-state index in [0.717, 1.165) is 135 Å². The molecule has 12 bridgehead atoms. The first-order chi connectivity index (χ1) is 54.9. The number of ether oxygens (including phenoxy) is 12. The molecule has 17 fully saturated rings. The topological polar surface area (TPSA) is 145 Å². The Kier molecular flexibility index (Phi) is 36.8. The van der Waals surface area contributed by atoms with E-state index in [-0.39, 0.29) is 72.6 Å². The maximum absolute atomic E-state index is 11.6. The first kappa shape index (κ1) is 96.7. The van der Waals surface area contributed by atoms with Crippen LogP contribution < -0.4 is 0 Å². The molecule has 0 N–H and O–H groups in total. The van der Waals surface area contributed by atoms with Crippen LogP contribution in [-0.4, -0.2) is 149 Å². The number of esters is 2. The minimum absolute atomic E-state index is 0.0239. The first-order valence-electron chi connectivity index (χ1n) is 49.6. The molecule has 5 heterocycles. The Morgan fingerprint density at radius 3 is 1.43 bits per heavy atom. The maximum atomic E-state index is 11.6. The Labute approximate surface area is 711 Å². The molecule has 34 atom stereocenters. The number of carbonyl (C=O) groups excluding carboxylic acids is 2. The fourth-order valence-corrected chi connectivity index (χ4v) is 23.8. The number of carbonyl (C=O) groups is 2. The highest BCUT2D eigenvalue weighted by Gasteiger charge is 2.66.